The van der Waals surface area contributed by atoms with E-state index in [1.807, 2.05) is 6.07 Å². The number of amides is 1. The fraction of sp³-hybridized carbons (Fsp3) is 0.500. The number of nitrogens with one attached hydrogen (secondary N) is 1. The molecule has 2 aliphatic heterocycles. The van der Waals surface area contributed by atoms with Crippen LogP contribution in [0.4, 0.5) is 0 Å². The van der Waals surface area contributed by atoms with Gasteiger partial charge in [-0.1, -0.05) is 24.3 Å². The molecule has 142 valence electrons. The Balaban J connectivity index is 1.43. The van der Waals surface area contributed by atoms with Crippen LogP contribution in [0, 0.1) is 5.41 Å². The Kier molecular flexibility index (Phi) is 4.54. The highest BCUT2D eigenvalue weighted by Crippen LogP contribution is 2.56. The minimum Gasteiger partial charge on any atom is -0.363 e. The molecule has 2 fully saturated rings. The second-order valence-electron chi connectivity index (χ2n) is 8.13. The number of benzene rings is 1. The fourth-order valence-corrected chi connectivity index (χ4v) is 5.56. The largest absolute Gasteiger partial charge is 0.363 e. The fourth-order valence-electron chi connectivity index (χ4n) is 4.90. The maximum Gasteiger partial charge on any atom is 0.256 e. The summed E-state index contributed by atoms with van der Waals surface area (Å²) in [6, 6.07) is 10.8. The summed E-state index contributed by atoms with van der Waals surface area (Å²) in [5.74, 6) is 0.147. The van der Waals surface area contributed by atoms with Gasteiger partial charge in [0.05, 0.1) is 6.61 Å². The number of hydrogen-bond donors (Lipinski definition) is 1. The van der Waals surface area contributed by atoms with Gasteiger partial charge in [-0.3, -0.25) is 4.79 Å². The zero-order valence-electron chi connectivity index (χ0n) is 15.5. The minimum absolute atomic E-state index is 0.147. The van der Waals surface area contributed by atoms with Crippen molar-refractivity contribution in [1.82, 2.24) is 10.2 Å². The van der Waals surface area contributed by atoms with Gasteiger partial charge in [0, 0.05) is 12.6 Å². The van der Waals surface area contributed by atoms with Gasteiger partial charge in [-0.05, 0) is 77.7 Å². The molecule has 1 aromatic carbocycles. The first-order chi connectivity index (χ1) is 13.3. The predicted molar refractivity (Wildman–Crippen MR) is 107 cm³/mol. The Morgan fingerprint density at radius 2 is 2.11 bits per heavy atom. The van der Waals surface area contributed by atoms with E-state index in [-0.39, 0.29) is 5.91 Å². The second kappa shape index (κ2) is 7.04. The van der Waals surface area contributed by atoms with E-state index in [2.05, 4.69) is 45.2 Å². The molecule has 5 rings (SSSR count). The van der Waals surface area contributed by atoms with Crippen LogP contribution in [0.5, 0.6) is 0 Å². The van der Waals surface area contributed by atoms with E-state index in [1.54, 1.807) is 11.3 Å². The third-order valence-corrected chi connectivity index (χ3v) is 7.29. The normalized spacial score (nSPS) is 25.8. The van der Waals surface area contributed by atoms with Crippen LogP contribution >= 0.6 is 11.3 Å². The molecule has 27 heavy (non-hydrogen) atoms. The van der Waals surface area contributed by atoms with Crippen molar-refractivity contribution < 1.29 is 9.53 Å². The van der Waals surface area contributed by atoms with Gasteiger partial charge >= 0.3 is 0 Å². The van der Waals surface area contributed by atoms with Crippen molar-refractivity contribution in [1.29, 1.82) is 0 Å². The Labute approximate surface area is 164 Å². The summed E-state index contributed by atoms with van der Waals surface area (Å²) in [6.07, 6.45) is 3.93. The molecular formula is C22H26N2O2S. The lowest BCUT2D eigenvalue weighted by Gasteiger charge is -2.34. The van der Waals surface area contributed by atoms with Crippen molar-refractivity contribution in [2.24, 2.45) is 5.41 Å². The van der Waals surface area contributed by atoms with E-state index < -0.39 is 6.10 Å². The van der Waals surface area contributed by atoms with Crippen molar-refractivity contribution in [2.45, 2.75) is 44.4 Å². The summed E-state index contributed by atoms with van der Waals surface area (Å²) >= 11 is 1.70. The Morgan fingerprint density at radius 3 is 2.93 bits per heavy atom. The summed E-state index contributed by atoms with van der Waals surface area (Å²) in [6.45, 7) is 3.46. The number of rotatable bonds is 4. The van der Waals surface area contributed by atoms with Crippen molar-refractivity contribution >= 4 is 17.2 Å². The molecule has 0 bridgehead atoms. The number of carbonyl (C=O) groups excluding carboxylic acids is 1. The number of ether oxygens (including phenoxy) is 1. The topological polar surface area (TPSA) is 41.6 Å². The molecule has 1 amide bonds. The monoisotopic (exact) mass is 382 g/mol. The second-order valence-corrected chi connectivity index (χ2v) is 8.91. The van der Waals surface area contributed by atoms with E-state index in [9.17, 15) is 4.79 Å². The molecular weight excluding hydrogens is 356 g/mol. The van der Waals surface area contributed by atoms with Crippen LogP contribution in [0.2, 0.25) is 0 Å². The summed E-state index contributed by atoms with van der Waals surface area (Å²) in [7, 11) is 0. The standard InChI is InChI=1S/C22H26N2O2S/c25-21(20-18-4-2-1-3-17(18)5-11-26-20)24(14-16-6-12-27-15-16)19-13-22(19)7-9-23-10-8-22/h1-4,6,12,15,19-20,23H,5,7-11,13-14H2. The van der Waals surface area contributed by atoms with Crippen molar-refractivity contribution in [2.75, 3.05) is 19.7 Å². The number of thiophene rings is 1. The highest BCUT2D eigenvalue weighted by atomic mass is 32.1. The molecule has 2 aromatic rings. The van der Waals surface area contributed by atoms with Crippen LogP contribution in [0.1, 0.15) is 42.1 Å². The van der Waals surface area contributed by atoms with Crippen LogP contribution in [0.25, 0.3) is 0 Å². The molecule has 2 unspecified atom stereocenters. The zero-order chi connectivity index (χ0) is 18.3. The zero-order valence-corrected chi connectivity index (χ0v) is 16.3. The first kappa shape index (κ1) is 17.4. The van der Waals surface area contributed by atoms with E-state index >= 15 is 0 Å². The SMILES string of the molecule is O=C(C1OCCc2ccccc21)N(Cc1ccsc1)C1CC12CCNCC2. The maximum absolute atomic E-state index is 13.7. The van der Waals surface area contributed by atoms with Gasteiger partial charge < -0.3 is 15.0 Å². The van der Waals surface area contributed by atoms with Gasteiger partial charge in [0.1, 0.15) is 0 Å². The first-order valence-corrected chi connectivity index (χ1v) is 10.9. The molecule has 1 aliphatic carbocycles. The first-order valence-electron chi connectivity index (χ1n) is 9.99. The number of hydrogen-bond acceptors (Lipinski definition) is 4. The van der Waals surface area contributed by atoms with Crippen LogP contribution < -0.4 is 5.32 Å². The van der Waals surface area contributed by atoms with E-state index in [0.29, 0.717) is 24.6 Å². The number of piperidine rings is 1. The van der Waals surface area contributed by atoms with Crippen molar-refractivity contribution in [3.05, 3.63) is 57.8 Å². The maximum atomic E-state index is 13.7. The molecule has 1 N–H and O–H groups in total. The minimum atomic E-state index is -0.451. The van der Waals surface area contributed by atoms with E-state index in [1.165, 1.54) is 24.0 Å². The van der Waals surface area contributed by atoms with E-state index in [0.717, 1.165) is 31.5 Å². The van der Waals surface area contributed by atoms with Gasteiger partial charge in [-0.2, -0.15) is 11.3 Å². The van der Waals surface area contributed by atoms with E-state index in [4.69, 9.17) is 4.74 Å². The number of fused-ring (bicyclic) bond motifs is 1. The lowest BCUT2D eigenvalue weighted by atomic mass is 9.92. The molecule has 3 aliphatic rings. The summed E-state index contributed by atoms with van der Waals surface area (Å²) in [5, 5.41) is 7.72. The van der Waals surface area contributed by atoms with Crippen LogP contribution in [0.3, 0.4) is 0 Å². The smallest absolute Gasteiger partial charge is 0.256 e. The molecule has 1 saturated carbocycles. The summed E-state index contributed by atoms with van der Waals surface area (Å²) in [5.41, 5.74) is 3.87. The Morgan fingerprint density at radius 1 is 1.26 bits per heavy atom. The van der Waals surface area contributed by atoms with Gasteiger partial charge in [0.2, 0.25) is 0 Å². The highest BCUT2D eigenvalue weighted by Gasteiger charge is 2.58. The molecule has 4 nitrogen and oxygen atoms in total. The predicted octanol–water partition coefficient (Wildman–Crippen LogP) is 3.53. The Hall–Kier alpha value is -1.69. The summed E-state index contributed by atoms with van der Waals surface area (Å²) < 4.78 is 6.02. The van der Waals surface area contributed by atoms with Gasteiger partial charge in [0.25, 0.3) is 5.91 Å². The van der Waals surface area contributed by atoms with Gasteiger partial charge in [-0.15, -0.1) is 0 Å². The third-order valence-electron chi connectivity index (χ3n) is 6.56. The third kappa shape index (κ3) is 3.22. The Bertz CT molecular complexity index is 813. The van der Waals surface area contributed by atoms with Gasteiger partial charge in [-0.25, -0.2) is 0 Å². The molecule has 1 aromatic heterocycles. The average Bonchev–Trinajstić information content (AvgIpc) is 3.14. The average molecular weight is 383 g/mol. The van der Waals surface area contributed by atoms with Crippen LogP contribution in [-0.4, -0.2) is 36.5 Å². The number of carbonyl (C=O) groups is 1. The van der Waals surface area contributed by atoms with Crippen molar-refractivity contribution in [3.8, 4) is 0 Å². The lowest BCUT2D eigenvalue weighted by molar-refractivity contribution is -0.147. The van der Waals surface area contributed by atoms with Crippen LogP contribution in [-0.2, 0) is 22.5 Å². The van der Waals surface area contributed by atoms with Crippen LogP contribution in [0.15, 0.2) is 41.1 Å². The lowest BCUT2D eigenvalue weighted by Crippen LogP contribution is -2.42. The molecule has 2 atom stereocenters. The highest BCUT2D eigenvalue weighted by molar-refractivity contribution is 7.07. The molecule has 1 spiro atoms. The molecule has 5 heteroatoms. The molecule has 0 radical (unpaired) electrons. The molecule has 1 saturated heterocycles. The summed E-state index contributed by atoms with van der Waals surface area (Å²) in [4.78, 5) is 15.8. The van der Waals surface area contributed by atoms with Crippen molar-refractivity contribution in [3.63, 3.8) is 0 Å². The van der Waals surface area contributed by atoms with Gasteiger partial charge in [0.15, 0.2) is 6.10 Å². The number of nitrogens with zero attached hydrogens (tertiary/aromatic N) is 1. The molecule has 3 heterocycles. The quantitative estimate of drug-likeness (QED) is 0.880.